The van der Waals surface area contributed by atoms with Gasteiger partial charge in [-0.05, 0) is 37.0 Å². The molecule has 0 spiro atoms. The number of anilines is 1. The summed E-state index contributed by atoms with van der Waals surface area (Å²) < 4.78 is 5.28. The van der Waals surface area contributed by atoms with Crippen LogP contribution in [0, 0.1) is 5.92 Å². The number of hydrogen-bond donors (Lipinski definition) is 2. The Morgan fingerprint density at radius 1 is 1.29 bits per heavy atom. The molecule has 1 amide bonds. The Morgan fingerprint density at radius 3 is 2.96 bits per heavy atom. The van der Waals surface area contributed by atoms with Crippen molar-refractivity contribution >= 4 is 22.9 Å². The van der Waals surface area contributed by atoms with E-state index in [1.54, 1.807) is 7.11 Å². The van der Waals surface area contributed by atoms with Gasteiger partial charge in [0.2, 0.25) is 11.9 Å². The molecule has 4 rings (SSSR count). The topological polar surface area (TPSA) is 70.2 Å². The van der Waals surface area contributed by atoms with E-state index < -0.39 is 0 Å². The van der Waals surface area contributed by atoms with Crippen molar-refractivity contribution < 1.29 is 9.53 Å². The number of methoxy groups -OCH3 is 1. The predicted molar refractivity (Wildman–Crippen MR) is 111 cm³/mol. The van der Waals surface area contributed by atoms with Crippen molar-refractivity contribution in [2.75, 3.05) is 31.6 Å². The monoisotopic (exact) mass is 378 g/mol. The van der Waals surface area contributed by atoms with E-state index in [1.807, 2.05) is 36.4 Å². The third kappa shape index (κ3) is 4.11. The van der Waals surface area contributed by atoms with E-state index in [0.29, 0.717) is 13.1 Å². The van der Waals surface area contributed by atoms with Gasteiger partial charge in [0.15, 0.2) is 0 Å². The second-order valence-corrected chi connectivity index (χ2v) is 7.26. The quantitative estimate of drug-likeness (QED) is 0.691. The average molecular weight is 378 g/mol. The molecule has 2 aromatic carbocycles. The number of carbonyl (C=O) groups excluding carboxylic acids is 1. The number of amides is 1. The first-order valence-electron chi connectivity index (χ1n) is 9.83. The molecular formula is C22H26N4O2. The first-order valence-corrected chi connectivity index (χ1v) is 9.83. The number of imidazole rings is 1. The van der Waals surface area contributed by atoms with Crippen molar-refractivity contribution in [3.63, 3.8) is 0 Å². The average Bonchev–Trinajstić information content (AvgIpc) is 3.18. The van der Waals surface area contributed by atoms with E-state index in [4.69, 9.17) is 9.72 Å². The molecule has 0 aliphatic carbocycles. The number of rotatable bonds is 6. The second kappa shape index (κ2) is 8.33. The van der Waals surface area contributed by atoms with Gasteiger partial charge in [0.25, 0.3) is 0 Å². The fourth-order valence-corrected chi connectivity index (χ4v) is 3.75. The van der Waals surface area contributed by atoms with Gasteiger partial charge in [0, 0.05) is 25.7 Å². The van der Waals surface area contributed by atoms with Crippen LogP contribution in [-0.4, -0.2) is 42.6 Å². The summed E-state index contributed by atoms with van der Waals surface area (Å²) >= 11 is 0. The van der Waals surface area contributed by atoms with Crippen LogP contribution in [0.2, 0.25) is 0 Å². The molecule has 0 saturated carbocycles. The molecule has 6 heteroatoms. The van der Waals surface area contributed by atoms with E-state index >= 15 is 0 Å². The van der Waals surface area contributed by atoms with Crippen molar-refractivity contribution in [2.45, 2.75) is 19.3 Å². The smallest absolute Gasteiger partial charge is 0.224 e. The molecule has 2 N–H and O–H groups in total. The zero-order valence-electron chi connectivity index (χ0n) is 16.1. The van der Waals surface area contributed by atoms with E-state index in [-0.39, 0.29) is 11.8 Å². The number of piperidine rings is 1. The van der Waals surface area contributed by atoms with Gasteiger partial charge < -0.3 is 19.9 Å². The minimum atomic E-state index is -0.00716. The third-order valence-electron chi connectivity index (χ3n) is 5.32. The van der Waals surface area contributed by atoms with Gasteiger partial charge in [0.05, 0.1) is 24.1 Å². The number of benzene rings is 2. The van der Waals surface area contributed by atoms with Crippen LogP contribution in [0.4, 0.5) is 5.95 Å². The highest BCUT2D eigenvalue weighted by molar-refractivity contribution is 5.81. The number of ether oxygens (including phenoxy) is 1. The van der Waals surface area contributed by atoms with Crippen molar-refractivity contribution in [1.29, 1.82) is 0 Å². The van der Waals surface area contributed by atoms with Gasteiger partial charge in [-0.25, -0.2) is 4.98 Å². The van der Waals surface area contributed by atoms with Gasteiger partial charge in [-0.15, -0.1) is 0 Å². The standard InChI is InChI=1S/C22H26N4O2/c1-28-18-9-10-19-20(14-18)25-22(24-19)26-13-5-8-17(15-26)21(27)23-12-11-16-6-3-2-4-7-16/h2-4,6-7,9-10,14,17H,5,8,11-13,15H2,1H3,(H,23,27)(H,24,25)/t17-/m0/s1. The molecule has 1 aromatic heterocycles. The van der Waals surface area contributed by atoms with Crippen molar-refractivity contribution in [1.82, 2.24) is 15.3 Å². The molecule has 1 atom stereocenters. The number of hydrogen-bond acceptors (Lipinski definition) is 4. The van der Waals surface area contributed by atoms with Crippen molar-refractivity contribution in [2.24, 2.45) is 5.92 Å². The lowest BCUT2D eigenvalue weighted by molar-refractivity contribution is -0.125. The van der Waals surface area contributed by atoms with Crippen LogP contribution >= 0.6 is 0 Å². The van der Waals surface area contributed by atoms with Crippen LogP contribution in [-0.2, 0) is 11.2 Å². The Balaban J connectivity index is 1.36. The molecule has 1 aliphatic rings. The maximum Gasteiger partial charge on any atom is 0.224 e. The summed E-state index contributed by atoms with van der Waals surface area (Å²) in [4.78, 5) is 22.9. The first kappa shape index (κ1) is 18.3. The number of nitrogens with zero attached hydrogens (tertiary/aromatic N) is 2. The Kier molecular flexibility index (Phi) is 5.46. The fourth-order valence-electron chi connectivity index (χ4n) is 3.75. The summed E-state index contributed by atoms with van der Waals surface area (Å²) in [5.74, 6) is 1.76. The largest absolute Gasteiger partial charge is 0.497 e. The molecule has 1 aliphatic heterocycles. The number of fused-ring (bicyclic) bond motifs is 1. The molecule has 1 saturated heterocycles. The molecule has 1 fully saturated rings. The predicted octanol–water partition coefficient (Wildman–Crippen LogP) is 3.15. The lowest BCUT2D eigenvalue weighted by Gasteiger charge is -2.31. The lowest BCUT2D eigenvalue weighted by Crippen LogP contribution is -2.43. The number of aromatic amines is 1. The zero-order valence-corrected chi connectivity index (χ0v) is 16.1. The maximum atomic E-state index is 12.6. The normalized spacial score (nSPS) is 16.9. The highest BCUT2D eigenvalue weighted by Gasteiger charge is 2.27. The van der Waals surface area contributed by atoms with E-state index in [2.05, 4.69) is 27.3 Å². The van der Waals surface area contributed by atoms with Crippen LogP contribution in [0.3, 0.4) is 0 Å². The highest BCUT2D eigenvalue weighted by Crippen LogP contribution is 2.25. The van der Waals surface area contributed by atoms with Gasteiger partial charge in [0.1, 0.15) is 5.75 Å². The van der Waals surface area contributed by atoms with Crippen LogP contribution in [0.5, 0.6) is 5.75 Å². The van der Waals surface area contributed by atoms with Crippen molar-refractivity contribution in [3.05, 3.63) is 54.1 Å². The van der Waals surface area contributed by atoms with Crippen molar-refractivity contribution in [3.8, 4) is 5.75 Å². The molecule has 2 heterocycles. The molecular weight excluding hydrogens is 352 g/mol. The number of nitrogens with one attached hydrogen (secondary N) is 2. The third-order valence-corrected chi connectivity index (χ3v) is 5.32. The summed E-state index contributed by atoms with van der Waals surface area (Å²) in [5.41, 5.74) is 3.10. The van der Waals surface area contributed by atoms with Gasteiger partial charge >= 0.3 is 0 Å². The molecule has 0 bridgehead atoms. The Bertz CT molecular complexity index is 938. The van der Waals surface area contributed by atoms with Gasteiger partial charge in [-0.2, -0.15) is 0 Å². The van der Waals surface area contributed by atoms with E-state index in [1.165, 1.54) is 5.56 Å². The molecule has 0 unspecified atom stereocenters. The van der Waals surface area contributed by atoms with E-state index in [0.717, 1.165) is 48.5 Å². The Labute approximate surface area is 164 Å². The van der Waals surface area contributed by atoms with Gasteiger partial charge in [-0.1, -0.05) is 30.3 Å². The summed E-state index contributed by atoms with van der Waals surface area (Å²) in [7, 11) is 1.66. The SMILES string of the molecule is COc1ccc2nc(N3CCC[C@H](C(=O)NCCc4ccccc4)C3)[nH]c2c1. The van der Waals surface area contributed by atoms with Crippen LogP contribution < -0.4 is 15.0 Å². The maximum absolute atomic E-state index is 12.6. The summed E-state index contributed by atoms with van der Waals surface area (Å²) in [5, 5.41) is 3.10. The summed E-state index contributed by atoms with van der Waals surface area (Å²) in [6.07, 6.45) is 2.76. The molecule has 3 aromatic rings. The summed E-state index contributed by atoms with van der Waals surface area (Å²) in [6.45, 7) is 2.27. The fraction of sp³-hybridized carbons (Fsp3) is 0.364. The molecule has 6 nitrogen and oxygen atoms in total. The number of carbonyl (C=O) groups is 1. The summed E-state index contributed by atoms with van der Waals surface area (Å²) in [6, 6.07) is 16.0. The Hall–Kier alpha value is -3.02. The highest BCUT2D eigenvalue weighted by atomic mass is 16.5. The molecule has 146 valence electrons. The lowest BCUT2D eigenvalue weighted by atomic mass is 9.97. The van der Waals surface area contributed by atoms with Crippen LogP contribution in [0.15, 0.2) is 48.5 Å². The minimum absolute atomic E-state index is 0.00716. The molecule has 0 radical (unpaired) electrons. The van der Waals surface area contributed by atoms with E-state index in [9.17, 15) is 4.79 Å². The zero-order chi connectivity index (χ0) is 19.3. The minimum Gasteiger partial charge on any atom is -0.497 e. The first-order chi connectivity index (χ1) is 13.7. The number of H-pyrrole nitrogens is 1. The van der Waals surface area contributed by atoms with Crippen LogP contribution in [0.25, 0.3) is 11.0 Å². The van der Waals surface area contributed by atoms with Crippen LogP contribution in [0.1, 0.15) is 18.4 Å². The Morgan fingerprint density at radius 2 is 2.14 bits per heavy atom. The number of aromatic nitrogens is 2. The second-order valence-electron chi connectivity index (χ2n) is 7.26. The molecule has 28 heavy (non-hydrogen) atoms. The van der Waals surface area contributed by atoms with Gasteiger partial charge in [-0.3, -0.25) is 4.79 Å².